The molecule has 1 unspecified atom stereocenters. The van der Waals surface area contributed by atoms with Gasteiger partial charge in [-0.15, -0.1) is 0 Å². The molecule has 1 saturated carbocycles. The maximum absolute atomic E-state index is 12.0. The summed E-state index contributed by atoms with van der Waals surface area (Å²) in [6, 6.07) is -1.00. The molecule has 0 bridgehead atoms. The zero-order valence-electron chi connectivity index (χ0n) is 10.5. The van der Waals surface area contributed by atoms with Gasteiger partial charge in [0.25, 0.3) is 0 Å². The fraction of sp³-hybridized carbons (Fsp3) is 0.818. The number of nitrogens with one attached hydrogen (secondary N) is 1. The molecular weight excluding hydrogens is 272 g/mol. The van der Waals surface area contributed by atoms with Gasteiger partial charge in [0.1, 0.15) is 6.54 Å². The number of carboxylic acids is 1. The van der Waals surface area contributed by atoms with Crippen LogP contribution in [0.4, 0.5) is 4.79 Å². The second kappa shape index (κ2) is 5.36. The third kappa shape index (κ3) is 4.09. The lowest BCUT2D eigenvalue weighted by atomic mass is 10.2. The molecule has 2 aliphatic rings. The van der Waals surface area contributed by atoms with Crippen molar-refractivity contribution in [1.29, 1.82) is 0 Å². The average Bonchev–Trinajstić information content (AvgIpc) is 3.06. The van der Waals surface area contributed by atoms with E-state index in [9.17, 15) is 18.0 Å². The summed E-state index contributed by atoms with van der Waals surface area (Å²) in [6.07, 6.45) is 2.47. The van der Waals surface area contributed by atoms with Gasteiger partial charge < -0.3 is 15.3 Å². The van der Waals surface area contributed by atoms with E-state index in [2.05, 4.69) is 5.32 Å². The van der Waals surface area contributed by atoms with Gasteiger partial charge in [-0.25, -0.2) is 13.2 Å². The topological polar surface area (TPSA) is 104 Å². The lowest BCUT2D eigenvalue weighted by Crippen LogP contribution is -2.49. The molecule has 8 heteroatoms. The molecular formula is C11H18N2O5S. The molecule has 0 aromatic rings. The summed E-state index contributed by atoms with van der Waals surface area (Å²) in [7, 11) is -3.14. The van der Waals surface area contributed by atoms with Crippen LogP contribution < -0.4 is 5.32 Å². The number of carboxylic acid groups (broad SMARTS) is 1. The number of amides is 2. The van der Waals surface area contributed by atoms with Crippen LogP contribution in [0, 0.1) is 5.92 Å². The minimum atomic E-state index is -3.14. The maximum Gasteiger partial charge on any atom is 0.323 e. The molecule has 1 aliphatic heterocycles. The molecule has 0 spiro atoms. The van der Waals surface area contributed by atoms with Crippen LogP contribution in [0.3, 0.4) is 0 Å². The fourth-order valence-electron chi connectivity index (χ4n) is 2.19. The third-order valence-corrected chi connectivity index (χ3v) is 5.20. The summed E-state index contributed by atoms with van der Waals surface area (Å²) in [5, 5.41) is 11.5. The molecule has 2 amide bonds. The number of carbonyl (C=O) groups is 2. The summed E-state index contributed by atoms with van der Waals surface area (Å²) in [4.78, 5) is 23.9. The van der Waals surface area contributed by atoms with Crippen molar-refractivity contribution in [2.45, 2.75) is 25.3 Å². The highest BCUT2D eigenvalue weighted by atomic mass is 32.2. The van der Waals surface area contributed by atoms with E-state index < -0.39 is 34.4 Å². The molecule has 19 heavy (non-hydrogen) atoms. The summed E-state index contributed by atoms with van der Waals surface area (Å²) in [5.41, 5.74) is 0. The Balaban J connectivity index is 1.97. The molecule has 1 saturated heterocycles. The number of aliphatic carboxylic acids is 1. The maximum atomic E-state index is 12.0. The predicted molar refractivity (Wildman–Crippen MR) is 67.5 cm³/mol. The molecule has 7 nitrogen and oxygen atoms in total. The number of nitrogens with zero attached hydrogens (tertiary/aromatic N) is 1. The number of rotatable bonds is 5. The van der Waals surface area contributed by atoms with Crippen LogP contribution in [0.1, 0.15) is 19.3 Å². The van der Waals surface area contributed by atoms with E-state index in [1.807, 2.05) is 0 Å². The summed E-state index contributed by atoms with van der Waals surface area (Å²) in [6.45, 7) is 0.0745. The second-order valence-electron chi connectivity index (χ2n) is 5.21. The van der Waals surface area contributed by atoms with Gasteiger partial charge in [-0.3, -0.25) is 4.79 Å². The normalized spacial score (nSPS) is 24.9. The molecule has 2 N–H and O–H groups in total. The number of hydrogen-bond donors (Lipinski definition) is 2. The van der Waals surface area contributed by atoms with Crippen molar-refractivity contribution in [3.63, 3.8) is 0 Å². The van der Waals surface area contributed by atoms with E-state index in [-0.39, 0.29) is 11.5 Å². The average molecular weight is 290 g/mol. The van der Waals surface area contributed by atoms with E-state index in [4.69, 9.17) is 5.11 Å². The van der Waals surface area contributed by atoms with Gasteiger partial charge >= 0.3 is 12.0 Å². The fourth-order valence-corrected chi connectivity index (χ4v) is 3.92. The van der Waals surface area contributed by atoms with Crippen LogP contribution in [0.5, 0.6) is 0 Å². The first-order chi connectivity index (χ1) is 8.87. The Bertz CT molecular complexity index is 471. The molecule has 108 valence electrons. The Hall–Kier alpha value is -1.31. The van der Waals surface area contributed by atoms with Gasteiger partial charge in [0.15, 0.2) is 9.84 Å². The van der Waals surface area contributed by atoms with E-state index >= 15 is 0 Å². The van der Waals surface area contributed by atoms with Crippen molar-refractivity contribution in [2.75, 3.05) is 24.6 Å². The smallest absolute Gasteiger partial charge is 0.323 e. The first-order valence-corrected chi connectivity index (χ1v) is 8.16. The van der Waals surface area contributed by atoms with Crippen LogP contribution in [-0.4, -0.2) is 61.1 Å². The monoisotopic (exact) mass is 290 g/mol. The quantitative estimate of drug-likeness (QED) is 0.722. The minimum Gasteiger partial charge on any atom is -0.480 e. The van der Waals surface area contributed by atoms with Gasteiger partial charge in [-0.05, 0) is 25.2 Å². The predicted octanol–water partition coefficient (Wildman–Crippen LogP) is -0.320. The highest BCUT2D eigenvalue weighted by molar-refractivity contribution is 7.91. The largest absolute Gasteiger partial charge is 0.480 e. The number of carbonyl (C=O) groups excluding carboxylic acids is 1. The van der Waals surface area contributed by atoms with E-state index in [0.29, 0.717) is 18.9 Å². The first-order valence-electron chi connectivity index (χ1n) is 6.34. The molecule has 2 fully saturated rings. The van der Waals surface area contributed by atoms with Gasteiger partial charge in [0, 0.05) is 12.6 Å². The van der Waals surface area contributed by atoms with E-state index in [1.165, 1.54) is 0 Å². The van der Waals surface area contributed by atoms with Crippen molar-refractivity contribution in [3.8, 4) is 0 Å². The summed E-state index contributed by atoms with van der Waals surface area (Å²) >= 11 is 0. The number of urea groups is 1. The Morgan fingerprint density at radius 1 is 1.26 bits per heavy atom. The molecule has 0 aromatic carbocycles. The highest BCUT2D eigenvalue weighted by Crippen LogP contribution is 2.27. The van der Waals surface area contributed by atoms with Crippen molar-refractivity contribution in [1.82, 2.24) is 10.2 Å². The van der Waals surface area contributed by atoms with Gasteiger partial charge in [0.2, 0.25) is 0 Å². The van der Waals surface area contributed by atoms with E-state index in [1.54, 1.807) is 0 Å². The lowest BCUT2D eigenvalue weighted by molar-refractivity contribution is -0.138. The van der Waals surface area contributed by atoms with Gasteiger partial charge in [0.05, 0.1) is 11.5 Å². The van der Waals surface area contributed by atoms with Crippen LogP contribution >= 0.6 is 0 Å². The summed E-state index contributed by atoms with van der Waals surface area (Å²) in [5.74, 6) is -0.769. The number of hydrogen-bond acceptors (Lipinski definition) is 4. The minimum absolute atomic E-state index is 0.0176. The van der Waals surface area contributed by atoms with Crippen molar-refractivity contribution in [2.24, 2.45) is 5.92 Å². The standard InChI is InChI=1S/C11H18N2O5S/c14-10(15)6-13(9-3-4-19(17,18)7-9)11(16)12-5-8-1-2-8/h8-9H,1-7H2,(H,12,16)(H,14,15). The number of sulfone groups is 1. The molecule has 1 atom stereocenters. The summed E-state index contributed by atoms with van der Waals surface area (Å²) < 4.78 is 22.8. The van der Waals surface area contributed by atoms with Crippen LogP contribution in [0.25, 0.3) is 0 Å². The SMILES string of the molecule is O=C(O)CN(C(=O)NCC1CC1)C1CCS(=O)(=O)C1. The molecule has 1 aliphatic carbocycles. The van der Waals surface area contributed by atoms with Crippen molar-refractivity contribution in [3.05, 3.63) is 0 Å². The lowest BCUT2D eigenvalue weighted by Gasteiger charge is -2.26. The Morgan fingerprint density at radius 2 is 1.95 bits per heavy atom. The Labute approximate surface area is 111 Å². The molecule has 1 heterocycles. The van der Waals surface area contributed by atoms with Crippen LogP contribution in [0.15, 0.2) is 0 Å². The zero-order valence-corrected chi connectivity index (χ0v) is 11.4. The first kappa shape index (κ1) is 14.1. The van der Waals surface area contributed by atoms with Crippen molar-refractivity contribution >= 4 is 21.8 Å². The van der Waals surface area contributed by atoms with Crippen LogP contribution in [-0.2, 0) is 14.6 Å². The Kier molecular flexibility index (Phi) is 3.98. The third-order valence-electron chi connectivity index (χ3n) is 3.45. The zero-order chi connectivity index (χ0) is 14.0. The van der Waals surface area contributed by atoms with Crippen molar-refractivity contribution < 1.29 is 23.1 Å². The molecule has 0 radical (unpaired) electrons. The van der Waals surface area contributed by atoms with E-state index in [0.717, 1.165) is 17.7 Å². The molecule has 0 aromatic heterocycles. The van der Waals surface area contributed by atoms with Gasteiger partial charge in [-0.1, -0.05) is 0 Å². The van der Waals surface area contributed by atoms with Crippen LogP contribution in [0.2, 0.25) is 0 Å². The highest BCUT2D eigenvalue weighted by Gasteiger charge is 2.36. The Morgan fingerprint density at radius 3 is 2.42 bits per heavy atom. The van der Waals surface area contributed by atoms with Gasteiger partial charge in [-0.2, -0.15) is 0 Å². The second-order valence-corrected chi connectivity index (χ2v) is 7.44. The molecule has 2 rings (SSSR count).